The largest absolute Gasteiger partial charge is 0.398 e. The molecule has 0 aliphatic carbocycles. The number of anilines is 1. The van der Waals surface area contributed by atoms with Gasteiger partial charge in [0.2, 0.25) is 5.91 Å². The van der Waals surface area contributed by atoms with Gasteiger partial charge in [-0.2, -0.15) is 0 Å². The van der Waals surface area contributed by atoms with Crippen LogP contribution in [0.4, 0.5) is 5.69 Å². The van der Waals surface area contributed by atoms with Gasteiger partial charge in [-0.05, 0) is 26.0 Å². The van der Waals surface area contributed by atoms with Crippen LogP contribution in [0, 0.1) is 0 Å². The van der Waals surface area contributed by atoms with Gasteiger partial charge in [0.1, 0.15) is 0 Å². The van der Waals surface area contributed by atoms with Gasteiger partial charge in [-0.1, -0.05) is 17.7 Å². The molecule has 98 valence electrons. The predicted octanol–water partition coefficient (Wildman–Crippen LogP) is 1.18. The minimum absolute atomic E-state index is 0.0276. The van der Waals surface area contributed by atoms with E-state index in [0.717, 1.165) is 0 Å². The SMILES string of the molecule is CC(C)NC(=O)CNC(=O)c1c(N)cccc1Cl. The molecule has 0 unspecified atom stereocenters. The van der Waals surface area contributed by atoms with E-state index in [2.05, 4.69) is 10.6 Å². The van der Waals surface area contributed by atoms with E-state index in [-0.39, 0.29) is 34.8 Å². The summed E-state index contributed by atoms with van der Waals surface area (Å²) in [5.74, 6) is -0.721. The van der Waals surface area contributed by atoms with Crippen molar-refractivity contribution in [3.8, 4) is 0 Å². The third-order valence-electron chi connectivity index (χ3n) is 2.13. The molecule has 6 heteroatoms. The summed E-state index contributed by atoms with van der Waals surface area (Å²) < 4.78 is 0. The number of hydrogen-bond acceptors (Lipinski definition) is 3. The fourth-order valence-corrected chi connectivity index (χ4v) is 1.67. The first-order valence-electron chi connectivity index (χ1n) is 5.53. The Labute approximate surface area is 111 Å². The maximum absolute atomic E-state index is 11.8. The maximum atomic E-state index is 11.8. The molecule has 0 aliphatic heterocycles. The van der Waals surface area contributed by atoms with E-state index in [1.54, 1.807) is 18.2 Å². The summed E-state index contributed by atoms with van der Waals surface area (Å²) in [6, 6.07) is 4.83. The zero-order valence-corrected chi connectivity index (χ0v) is 11.0. The molecule has 4 N–H and O–H groups in total. The molecule has 0 heterocycles. The highest BCUT2D eigenvalue weighted by molar-refractivity contribution is 6.34. The van der Waals surface area contributed by atoms with Crippen molar-refractivity contribution >= 4 is 29.1 Å². The molecule has 1 aromatic carbocycles. The molecule has 0 aliphatic rings. The van der Waals surface area contributed by atoms with Crippen molar-refractivity contribution in [3.63, 3.8) is 0 Å². The van der Waals surface area contributed by atoms with Crippen molar-refractivity contribution in [3.05, 3.63) is 28.8 Å². The summed E-state index contributed by atoms with van der Waals surface area (Å²) in [5.41, 5.74) is 6.14. The van der Waals surface area contributed by atoms with E-state index in [1.165, 1.54) is 0 Å². The minimum Gasteiger partial charge on any atom is -0.398 e. The Morgan fingerprint density at radius 1 is 1.39 bits per heavy atom. The first-order valence-corrected chi connectivity index (χ1v) is 5.91. The zero-order chi connectivity index (χ0) is 13.7. The molecule has 0 bridgehead atoms. The minimum atomic E-state index is -0.461. The average Bonchev–Trinajstić information content (AvgIpc) is 2.25. The number of hydrogen-bond donors (Lipinski definition) is 3. The first kappa shape index (κ1) is 14.3. The van der Waals surface area contributed by atoms with Gasteiger partial charge in [0, 0.05) is 11.7 Å². The van der Waals surface area contributed by atoms with Crippen LogP contribution >= 0.6 is 11.6 Å². The highest BCUT2D eigenvalue weighted by Gasteiger charge is 2.14. The van der Waals surface area contributed by atoms with Gasteiger partial charge in [-0.25, -0.2) is 0 Å². The third-order valence-corrected chi connectivity index (χ3v) is 2.45. The van der Waals surface area contributed by atoms with Crippen LogP contribution in [0.5, 0.6) is 0 Å². The lowest BCUT2D eigenvalue weighted by atomic mass is 10.1. The van der Waals surface area contributed by atoms with E-state index >= 15 is 0 Å². The molecule has 0 radical (unpaired) electrons. The van der Waals surface area contributed by atoms with Crippen molar-refractivity contribution in [1.82, 2.24) is 10.6 Å². The van der Waals surface area contributed by atoms with Gasteiger partial charge in [0.05, 0.1) is 17.1 Å². The number of carbonyl (C=O) groups excluding carboxylic acids is 2. The first-order chi connectivity index (χ1) is 8.41. The van der Waals surface area contributed by atoms with Crippen molar-refractivity contribution in [1.29, 1.82) is 0 Å². The van der Waals surface area contributed by atoms with Crippen LogP contribution in [0.3, 0.4) is 0 Å². The Kier molecular flexibility index (Phi) is 4.97. The molecule has 1 rings (SSSR count). The van der Waals surface area contributed by atoms with E-state index in [0.29, 0.717) is 0 Å². The van der Waals surface area contributed by atoms with E-state index in [9.17, 15) is 9.59 Å². The second-order valence-corrected chi connectivity index (χ2v) is 4.52. The van der Waals surface area contributed by atoms with E-state index in [4.69, 9.17) is 17.3 Å². The maximum Gasteiger partial charge on any atom is 0.255 e. The Hall–Kier alpha value is -1.75. The molecule has 0 atom stereocenters. The number of nitrogen functional groups attached to an aromatic ring is 1. The summed E-state index contributed by atoms with van der Waals surface area (Å²) in [5, 5.41) is 5.39. The molecular formula is C12H16ClN3O2. The normalized spacial score (nSPS) is 10.2. The summed E-state index contributed by atoms with van der Waals surface area (Å²) in [6.07, 6.45) is 0. The van der Waals surface area contributed by atoms with Gasteiger partial charge in [0.25, 0.3) is 5.91 Å². The Balaban J connectivity index is 2.64. The van der Waals surface area contributed by atoms with Crippen LogP contribution in [0.15, 0.2) is 18.2 Å². The molecule has 0 saturated carbocycles. The van der Waals surface area contributed by atoms with E-state index < -0.39 is 5.91 Å². The molecule has 0 saturated heterocycles. The Morgan fingerprint density at radius 3 is 2.61 bits per heavy atom. The number of carbonyl (C=O) groups is 2. The number of nitrogens with two attached hydrogens (primary N) is 1. The number of nitrogens with one attached hydrogen (secondary N) is 2. The van der Waals surface area contributed by atoms with Crippen LogP contribution in [0.25, 0.3) is 0 Å². The summed E-state index contributed by atoms with van der Waals surface area (Å²) in [7, 11) is 0. The van der Waals surface area contributed by atoms with Crippen molar-refractivity contribution in [2.24, 2.45) is 0 Å². The lowest BCUT2D eigenvalue weighted by molar-refractivity contribution is -0.120. The van der Waals surface area contributed by atoms with Crippen LogP contribution in [-0.2, 0) is 4.79 Å². The molecular weight excluding hydrogens is 254 g/mol. The number of rotatable bonds is 4. The number of benzene rings is 1. The zero-order valence-electron chi connectivity index (χ0n) is 10.3. The molecule has 0 fully saturated rings. The molecule has 18 heavy (non-hydrogen) atoms. The topological polar surface area (TPSA) is 84.2 Å². The highest BCUT2D eigenvalue weighted by atomic mass is 35.5. The van der Waals surface area contributed by atoms with Gasteiger partial charge in [0.15, 0.2) is 0 Å². The second kappa shape index (κ2) is 6.26. The van der Waals surface area contributed by atoms with Gasteiger partial charge < -0.3 is 16.4 Å². The predicted molar refractivity (Wildman–Crippen MR) is 71.5 cm³/mol. The van der Waals surface area contributed by atoms with Crippen LogP contribution in [-0.4, -0.2) is 24.4 Å². The van der Waals surface area contributed by atoms with Crippen LogP contribution in [0.2, 0.25) is 5.02 Å². The fourth-order valence-electron chi connectivity index (χ4n) is 1.40. The summed E-state index contributed by atoms with van der Waals surface area (Å²) in [4.78, 5) is 23.2. The van der Waals surface area contributed by atoms with Crippen molar-refractivity contribution in [2.45, 2.75) is 19.9 Å². The molecule has 0 spiro atoms. The lowest BCUT2D eigenvalue weighted by Gasteiger charge is -2.11. The Morgan fingerprint density at radius 2 is 2.06 bits per heavy atom. The lowest BCUT2D eigenvalue weighted by Crippen LogP contribution is -2.40. The van der Waals surface area contributed by atoms with Crippen LogP contribution in [0.1, 0.15) is 24.2 Å². The second-order valence-electron chi connectivity index (χ2n) is 4.11. The molecule has 0 aromatic heterocycles. The fraction of sp³-hybridized carbons (Fsp3) is 0.333. The van der Waals surface area contributed by atoms with Gasteiger partial charge in [-0.3, -0.25) is 9.59 Å². The van der Waals surface area contributed by atoms with Crippen LogP contribution < -0.4 is 16.4 Å². The van der Waals surface area contributed by atoms with Gasteiger partial charge in [-0.15, -0.1) is 0 Å². The summed E-state index contributed by atoms with van der Waals surface area (Å²) in [6.45, 7) is 3.57. The van der Waals surface area contributed by atoms with Crippen molar-refractivity contribution in [2.75, 3.05) is 12.3 Å². The van der Waals surface area contributed by atoms with Crippen molar-refractivity contribution < 1.29 is 9.59 Å². The molecule has 1 aromatic rings. The standard InChI is InChI=1S/C12H16ClN3O2/c1-7(2)16-10(17)6-15-12(18)11-8(13)4-3-5-9(11)14/h3-5,7H,6,14H2,1-2H3,(H,15,18)(H,16,17). The number of halogens is 1. The third kappa shape index (κ3) is 3.92. The summed E-state index contributed by atoms with van der Waals surface area (Å²) >= 11 is 5.88. The quantitative estimate of drug-likeness (QED) is 0.718. The highest BCUT2D eigenvalue weighted by Crippen LogP contribution is 2.21. The number of amides is 2. The molecule has 2 amide bonds. The average molecular weight is 270 g/mol. The van der Waals surface area contributed by atoms with Gasteiger partial charge >= 0.3 is 0 Å². The Bertz CT molecular complexity index is 440. The van der Waals surface area contributed by atoms with E-state index in [1.807, 2.05) is 13.8 Å². The monoisotopic (exact) mass is 269 g/mol. The molecule has 5 nitrogen and oxygen atoms in total. The smallest absolute Gasteiger partial charge is 0.255 e.